The van der Waals surface area contributed by atoms with Crippen molar-refractivity contribution in [3.63, 3.8) is 0 Å². The van der Waals surface area contributed by atoms with Crippen LogP contribution in [0.5, 0.6) is 0 Å². The van der Waals surface area contributed by atoms with Gasteiger partial charge in [0.05, 0.1) is 4.90 Å². The number of hydrogen-bond donors (Lipinski definition) is 1. The van der Waals surface area contributed by atoms with Gasteiger partial charge in [-0.25, -0.2) is 13.1 Å². The molecule has 0 atom stereocenters. The lowest BCUT2D eigenvalue weighted by molar-refractivity contribution is -0.138. The number of amides is 2. The van der Waals surface area contributed by atoms with Gasteiger partial charge in [0, 0.05) is 46.1 Å². The summed E-state index contributed by atoms with van der Waals surface area (Å²) in [7, 11) is -3.62. The van der Waals surface area contributed by atoms with Gasteiger partial charge in [0.25, 0.3) is 0 Å². The van der Waals surface area contributed by atoms with E-state index in [9.17, 15) is 18.0 Å². The highest BCUT2D eigenvalue weighted by Gasteiger charge is 2.22. The molecule has 2 rings (SSSR count). The van der Waals surface area contributed by atoms with Crippen LogP contribution in [0.1, 0.15) is 24.5 Å². The van der Waals surface area contributed by atoms with Gasteiger partial charge in [-0.1, -0.05) is 6.07 Å². The summed E-state index contributed by atoms with van der Waals surface area (Å²) in [6.45, 7) is 7.37. The van der Waals surface area contributed by atoms with Crippen LogP contribution in [0.4, 0.5) is 0 Å². The molecule has 1 heterocycles. The van der Waals surface area contributed by atoms with Crippen LogP contribution in [-0.4, -0.2) is 62.8 Å². The number of benzene rings is 1. The lowest BCUT2D eigenvalue weighted by Gasteiger charge is -2.34. The number of hydrogen-bond acceptors (Lipinski definition) is 4. The maximum Gasteiger partial charge on any atom is 0.240 e. The van der Waals surface area contributed by atoms with Crippen molar-refractivity contribution in [2.45, 2.75) is 32.1 Å². The van der Waals surface area contributed by atoms with Gasteiger partial charge >= 0.3 is 0 Å². The largest absolute Gasteiger partial charge is 0.339 e. The first-order valence-electron chi connectivity index (χ1n) is 8.31. The fraction of sp³-hybridized carbons (Fsp3) is 0.529. The van der Waals surface area contributed by atoms with Crippen molar-refractivity contribution in [1.29, 1.82) is 0 Å². The fourth-order valence-electron chi connectivity index (χ4n) is 2.69. The summed E-state index contributed by atoms with van der Waals surface area (Å²) < 4.78 is 27.1. The van der Waals surface area contributed by atoms with Crippen LogP contribution < -0.4 is 4.72 Å². The number of carbonyl (C=O) groups excluding carboxylic acids is 2. The van der Waals surface area contributed by atoms with Crippen LogP contribution >= 0.6 is 0 Å². The van der Waals surface area contributed by atoms with Crippen LogP contribution in [0.2, 0.25) is 0 Å². The zero-order valence-electron chi connectivity index (χ0n) is 14.9. The molecule has 0 aliphatic carbocycles. The van der Waals surface area contributed by atoms with Crippen LogP contribution in [0, 0.1) is 13.8 Å². The average Bonchev–Trinajstić information content (AvgIpc) is 2.57. The SMILES string of the molecule is CC(=O)N1CCN(C(=O)CCNS(=O)(=O)c2ccc(C)c(C)c2)CC1. The highest BCUT2D eigenvalue weighted by Crippen LogP contribution is 2.14. The zero-order valence-corrected chi connectivity index (χ0v) is 15.7. The van der Waals surface area contributed by atoms with Crippen molar-refractivity contribution in [3.8, 4) is 0 Å². The van der Waals surface area contributed by atoms with Crippen LogP contribution in [0.25, 0.3) is 0 Å². The Hall–Kier alpha value is -1.93. The number of piperazine rings is 1. The van der Waals surface area contributed by atoms with Gasteiger partial charge in [-0.15, -0.1) is 0 Å². The number of carbonyl (C=O) groups is 2. The van der Waals surface area contributed by atoms with Crippen molar-refractivity contribution in [2.24, 2.45) is 0 Å². The molecule has 1 N–H and O–H groups in total. The second kappa shape index (κ2) is 7.97. The molecule has 2 amide bonds. The second-order valence-corrected chi connectivity index (χ2v) is 8.05. The Balaban J connectivity index is 1.84. The molecule has 1 saturated heterocycles. The van der Waals surface area contributed by atoms with Crippen molar-refractivity contribution >= 4 is 21.8 Å². The molecule has 0 spiro atoms. The van der Waals surface area contributed by atoms with Crippen molar-refractivity contribution in [2.75, 3.05) is 32.7 Å². The Morgan fingerprint density at radius 3 is 2.20 bits per heavy atom. The lowest BCUT2D eigenvalue weighted by atomic mass is 10.1. The molecule has 0 aromatic heterocycles. The van der Waals surface area contributed by atoms with E-state index in [0.29, 0.717) is 26.2 Å². The van der Waals surface area contributed by atoms with Crippen molar-refractivity contribution < 1.29 is 18.0 Å². The van der Waals surface area contributed by atoms with Gasteiger partial charge in [-0.3, -0.25) is 9.59 Å². The molecule has 0 unspecified atom stereocenters. The molecule has 0 saturated carbocycles. The molecular formula is C17H25N3O4S. The highest BCUT2D eigenvalue weighted by atomic mass is 32.2. The third-order valence-electron chi connectivity index (χ3n) is 4.50. The van der Waals surface area contributed by atoms with Gasteiger partial charge in [-0.2, -0.15) is 0 Å². The van der Waals surface area contributed by atoms with Crippen molar-refractivity contribution in [3.05, 3.63) is 29.3 Å². The van der Waals surface area contributed by atoms with Gasteiger partial charge in [0.2, 0.25) is 21.8 Å². The standard InChI is InChI=1S/C17H25N3O4S/c1-13-4-5-16(12-14(13)2)25(23,24)18-7-6-17(22)20-10-8-19(9-11-20)15(3)21/h4-5,12,18H,6-11H2,1-3H3. The quantitative estimate of drug-likeness (QED) is 0.828. The predicted octanol–water partition coefficient (Wildman–Crippen LogP) is 0.663. The van der Waals surface area contributed by atoms with E-state index in [0.717, 1.165) is 11.1 Å². The fourth-order valence-corrected chi connectivity index (χ4v) is 3.80. The Morgan fingerprint density at radius 1 is 1.04 bits per heavy atom. The second-order valence-electron chi connectivity index (χ2n) is 6.28. The normalized spacial score (nSPS) is 15.3. The first-order valence-corrected chi connectivity index (χ1v) is 9.79. The van der Waals surface area contributed by atoms with Gasteiger partial charge in [0.15, 0.2) is 0 Å². The molecule has 1 aliphatic heterocycles. The Bertz CT molecular complexity index is 753. The Morgan fingerprint density at radius 2 is 1.64 bits per heavy atom. The maximum absolute atomic E-state index is 12.3. The summed E-state index contributed by atoms with van der Waals surface area (Å²) in [6.07, 6.45) is 0.101. The Labute approximate surface area is 149 Å². The smallest absolute Gasteiger partial charge is 0.240 e. The average molecular weight is 367 g/mol. The number of nitrogens with zero attached hydrogens (tertiary/aromatic N) is 2. The minimum atomic E-state index is -3.62. The van der Waals surface area contributed by atoms with E-state index in [1.165, 1.54) is 6.92 Å². The molecule has 25 heavy (non-hydrogen) atoms. The van der Waals surface area contributed by atoms with E-state index in [-0.39, 0.29) is 29.7 Å². The zero-order chi connectivity index (χ0) is 18.6. The molecule has 8 heteroatoms. The third-order valence-corrected chi connectivity index (χ3v) is 5.96. The minimum absolute atomic E-state index is 0.00764. The van der Waals surface area contributed by atoms with E-state index >= 15 is 0 Å². The third kappa shape index (κ3) is 5.02. The maximum atomic E-state index is 12.3. The summed E-state index contributed by atoms with van der Waals surface area (Å²) in [6, 6.07) is 4.96. The van der Waals surface area contributed by atoms with Crippen LogP contribution in [-0.2, 0) is 19.6 Å². The van der Waals surface area contributed by atoms with E-state index in [1.807, 2.05) is 13.8 Å². The van der Waals surface area contributed by atoms with Gasteiger partial charge in [-0.05, 0) is 37.1 Å². The predicted molar refractivity (Wildman–Crippen MR) is 94.6 cm³/mol. The molecule has 7 nitrogen and oxygen atoms in total. The number of sulfonamides is 1. The summed E-state index contributed by atoms with van der Waals surface area (Å²) in [5.74, 6) is -0.0979. The number of rotatable bonds is 5. The first-order chi connectivity index (χ1) is 11.7. The highest BCUT2D eigenvalue weighted by molar-refractivity contribution is 7.89. The summed E-state index contributed by atoms with van der Waals surface area (Å²) in [5.41, 5.74) is 1.93. The summed E-state index contributed by atoms with van der Waals surface area (Å²) in [5, 5.41) is 0. The Kier molecular flexibility index (Phi) is 6.18. The summed E-state index contributed by atoms with van der Waals surface area (Å²) in [4.78, 5) is 27.0. The van der Waals surface area contributed by atoms with Crippen molar-refractivity contribution in [1.82, 2.24) is 14.5 Å². The molecule has 0 bridgehead atoms. The molecule has 1 aliphatic rings. The molecule has 1 fully saturated rings. The summed E-state index contributed by atoms with van der Waals surface area (Å²) >= 11 is 0. The van der Waals surface area contributed by atoms with Gasteiger partial charge in [0.1, 0.15) is 0 Å². The topological polar surface area (TPSA) is 86.8 Å². The first kappa shape index (κ1) is 19.4. The molecular weight excluding hydrogens is 342 g/mol. The lowest BCUT2D eigenvalue weighted by Crippen LogP contribution is -2.50. The van der Waals surface area contributed by atoms with E-state index in [1.54, 1.807) is 28.0 Å². The van der Waals surface area contributed by atoms with Crippen LogP contribution in [0.3, 0.4) is 0 Å². The van der Waals surface area contributed by atoms with Crippen LogP contribution in [0.15, 0.2) is 23.1 Å². The number of nitrogens with one attached hydrogen (secondary N) is 1. The van der Waals surface area contributed by atoms with E-state index in [2.05, 4.69) is 4.72 Å². The molecule has 1 aromatic rings. The van der Waals surface area contributed by atoms with Gasteiger partial charge < -0.3 is 9.80 Å². The van der Waals surface area contributed by atoms with E-state index < -0.39 is 10.0 Å². The van der Waals surface area contributed by atoms with E-state index in [4.69, 9.17) is 0 Å². The molecule has 0 radical (unpaired) electrons. The molecule has 1 aromatic carbocycles. The monoisotopic (exact) mass is 367 g/mol. The molecule has 138 valence electrons. The number of aryl methyl sites for hydroxylation is 2. The minimum Gasteiger partial charge on any atom is -0.339 e.